The fraction of sp³-hybridized carbons (Fsp3) is 0.105. The van der Waals surface area contributed by atoms with Crippen molar-refractivity contribution in [3.8, 4) is 22.4 Å². The maximum absolute atomic E-state index is 13.0. The summed E-state index contributed by atoms with van der Waals surface area (Å²) in [6, 6.07) is 18.9. The first-order valence-corrected chi connectivity index (χ1v) is 6.94. The van der Waals surface area contributed by atoms with Gasteiger partial charge in [0.05, 0.1) is 5.69 Å². The molecule has 2 heteroatoms. The molecule has 0 N–H and O–H groups in total. The Bertz CT molecular complexity index is 759. The second kappa shape index (κ2) is 5.49. The minimum Gasteiger partial charge on any atom is -0.252 e. The second-order valence-electron chi connectivity index (χ2n) is 5.20. The van der Waals surface area contributed by atoms with Gasteiger partial charge in [0.2, 0.25) is 0 Å². The van der Waals surface area contributed by atoms with Gasteiger partial charge in [-0.15, -0.1) is 0 Å². The van der Waals surface area contributed by atoms with Crippen LogP contribution in [0.4, 0.5) is 4.39 Å². The normalized spacial score (nSPS) is 10.6. The summed E-state index contributed by atoms with van der Waals surface area (Å²) in [5.41, 5.74) is 6.26. The second-order valence-corrected chi connectivity index (χ2v) is 5.20. The predicted molar refractivity (Wildman–Crippen MR) is 84.5 cm³/mol. The Morgan fingerprint density at radius 3 is 1.95 bits per heavy atom. The molecular formula is C19H16FN. The third-order valence-electron chi connectivity index (χ3n) is 3.59. The Morgan fingerprint density at radius 2 is 1.33 bits per heavy atom. The molecule has 3 aromatic rings. The largest absolute Gasteiger partial charge is 0.252 e. The van der Waals surface area contributed by atoms with Gasteiger partial charge in [0, 0.05) is 16.8 Å². The summed E-state index contributed by atoms with van der Waals surface area (Å²) in [4.78, 5) is 4.68. The van der Waals surface area contributed by atoms with E-state index in [-0.39, 0.29) is 5.82 Å². The molecule has 104 valence electrons. The van der Waals surface area contributed by atoms with E-state index in [1.165, 1.54) is 17.7 Å². The topological polar surface area (TPSA) is 12.9 Å². The zero-order chi connectivity index (χ0) is 14.8. The molecule has 1 aromatic heterocycles. The number of halogens is 1. The lowest BCUT2D eigenvalue weighted by Crippen LogP contribution is -1.91. The lowest BCUT2D eigenvalue weighted by atomic mass is 10.0. The van der Waals surface area contributed by atoms with Crippen LogP contribution in [0, 0.1) is 19.7 Å². The van der Waals surface area contributed by atoms with Crippen LogP contribution in [-0.4, -0.2) is 4.98 Å². The van der Waals surface area contributed by atoms with Crippen LogP contribution in [0.5, 0.6) is 0 Å². The molecule has 0 saturated carbocycles. The highest BCUT2D eigenvalue weighted by atomic mass is 19.1. The highest BCUT2D eigenvalue weighted by Gasteiger charge is 2.06. The highest BCUT2D eigenvalue weighted by molar-refractivity contribution is 5.69. The van der Waals surface area contributed by atoms with Gasteiger partial charge in [-0.05, 0) is 37.6 Å². The van der Waals surface area contributed by atoms with Crippen molar-refractivity contribution in [3.63, 3.8) is 0 Å². The first-order chi connectivity index (χ1) is 10.1. The summed E-state index contributed by atoms with van der Waals surface area (Å²) >= 11 is 0. The van der Waals surface area contributed by atoms with Gasteiger partial charge in [0.1, 0.15) is 5.82 Å². The van der Waals surface area contributed by atoms with E-state index in [1.54, 1.807) is 12.1 Å². The average Bonchev–Trinajstić information content (AvgIpc) is 2.49. The van der Waals surface area contributed by atoms with Crippen LogP contribution in [0.25, 0.3) is 22.4 Å². The third kappa shape index (κ3) is 2.84. The van der Waals surface area contributed by atoms with Crippen LogP contribution < -0.4 is 0 Å². The van der Waals surface area contributed by atoms with Crippen LogP contribution in [0.1, 0.15) is 11.3 Å². The van der Waals surface area contributed by atoms with Crippen molar-refractivity contribution in [1.82, 2.24) is 4.98 Å². The lowest BCUT2D eigenvalue weighted by molar-refractivity contribution is 0.628. The van der Waals surface area contributed by atoms with Crippen LogP contribution in [0.15, 0.2) is 60.7 Å². The third-order valence-corrected chi connectivity index (χ3v) is 3.59. The van der Waals surface area contributed by atoms with Crippen LogP contribution in [0.2, 0.25) is 0 Å². The van der Waals surface area contributed by atoms with Gasteiger partial charge >= 0.3 is 0 Å². The zero-order valence-electron chi connectivity index (χ0n) is 12.1. The molecule has 3 rings (SSSR count). The van der Waals surface area contributed by atoms with Crippen molar-refractivity contribution >= 4 is 0 Å². The van der Waals surface area contributed by atoms with Crippen molar-refractivity contribution in [2.75, 3.05) is 0 Å². The number of aryl methyl sites for hydroxylation is 2. The van der Waals surface area contributed by atoms with E-state index in [2.05, 4.69) is 36.2 Å². The number of aromatic nitrogens is 1. The maximum Gasteiger partial charge on any atom is 0.123 e. The van der Waals surface area contributed by atoms with Gasteiger partial charge in [-0.3, -0.25) is 4.98 Å². The van der Waals surface area contributed by atoms with Gasteiger partial charge in [-0.2, -0.15) is 0 Å². The van der Waals surface area contributed by atoms with E-state index in [9.17, 15) is 4.39 Å². The van der Waals surface area contributed by atoms with Gasteiger partial charge < -0.3 is 0 Å². The molecule has 0 saturated heterocycles. The van der Waals surface area contributed by atoms with Gasteiger partial charge in [0.15, 0.2) is 0 Å². The molecule has 0 amide bonds. The minimum absolute atomic E-state index is 0.222. The molecule has 0 unspecified atom stereocenters. The fourth-order valence-electron chi connectivity index (χ4n) is 2.38. The summed E-state index contributed by atoms with van der Waals surface area (Å²) in [5, 5.41) is 0. The molecule has 0 spiro atoms. The molecule has 1 nitrogen and oxygen atoms in total. The number of rotatable bonds is 2. The average molecular weight is 277 g/mol. The van der Waals surface area contributed by atoms with Crippen molar-refractivity contribution in [1.29, 1.82) is 0 Å². The Hall–Kier alpha value is -2.48. The van der Waals surface area contributed by atoms with E-state index < -0.39 is 0 Å². The first kappa shape index (κ1) is 13.5. The van der Waals surface area contributed by atoms with Gasteiger partial charge in [0.25, 0.3) is 0 Å². The van der Waals surface area contributed by atoms with Gasteiger partial charge in [-0.1, -0.05) is 48.0 Å². The molecule has 21 heavy (non-hydrogen) atoms. The fourth-order valence-corrected chi connectivity index (χ4v) is 2.38. The standard InChI is InChI=1S/C19H16FN/c1-13-3-5-16(6-4-13)19-12-11-18(14(2)21-19)15-7-9-17(20)10-8-15/h3-12H,1-2H3. The molecule has 0 atom stereocenters. The summed E-state index contributed by atoms with van der Waals surface area (Å²) in [6.07, 6.45) is 0. The predicted octanol–water partition coefficient (Wildman–Crippen LogP) is 5.17. The van der Waals surface area contributed by atoms with Crippen molar-refractivity contribution < 1.29 is 4.39 Å². The molecular weight excluding hydrogens is 261 g/mol. The highest BCUT2D eigenvalue weighted by Crippen LogP contribution is 2.26. The molecule has 0 radical (unpaired) electrons. The van der Waals surface area contributed by atoms with Gasteiger partial charge in [-0.25, -0.2) is 4.39 Å². The lowest BCUT2D eigenvalue weighted by Gasteiger charge is -2.08. The Labute approximate surface area is 124 Å². The monoisotopic (exact) mass is 277 g/mol. The van der Waals surface area contributed by atoms with E-state index in [1.807, 2.05) is 19.1 Å². The molecule has 0 aliphatic carbocycles. The summed E-state index contributed by atoms with van der Waals surface area (Å²) in [6.45, 7) is 4.05. The number of pyridine rings is 1. The Kier molecular flexibility index (Phi) is 3.53. The van der Waals surface area contributed by atoms with Crippen molar-refractivity contribution in [2.45, 2.75) is 13.8 Å². The number of hydrogen-bond acceptors (Lipinski definition) is 1. The van der Waals surface area contributed by atoms with E-state index in [4.69, 9.17) is 0 Å². The first-order valence-electron chi connectivity index (χ1n) is 6.94. The van der Waals surface area contributed by atoms with Crippen LogP contribution in [0.3, 0.4) is 0 Å². The molecule has 0 fully saturated rings. The molecule has 0 bridgehead atoms. The number of benzene rings is 2. The van der Waals surface area contributed by atoms with Crippen LogP contribution in [-0.2, 0) is 0 Å². The van der Waals surface area contributed by atoms with E-state index >= 15 is 0 Å². The zero-order valence-corrected chi connectivity index (χ0v) is 12.1. The van der Waals surface area contributed by atoms with E-state index in [0.29, 0.717) is 0 Å². The van der Waals surface area contributed by atoms with E-state index in [0.717, 1.165) is 28.1 Å². The SMILES string of the molecule is Cc1ccc(-c2ccc(-c3ccc(F)cc3)c(C)n2)cc1. The molecule has 0 aliphatic rings. The number of hydrogen-bond donors (Lipinski definition) is 0. The van der Waals surface area contributed by atoms with Crippen LogP contribution >= 0.6 is 0 Å². The maximum atomic E-state index is 13.0. The molecule has 2 aromatic carbocycles. The molecule has 1 heterocycles. The van der Waals surface area contributed by atoms with Crippen molar-refractivity contribution in [2.24, 2.45) is 0 Å². The Morgan fingerprint density at radius 1 is 0.714 bits per heavy atom. The Balaban J connectivity index is 1.99. The van der Waals surface area contributed by atoms with Crippen molar-refractivity contribution in [3.05, 3.63) is 77.7 Å². The summed E-state index contributed by atoms with van der Waals surface area (Å²) < 4.78 is 13.0. The minimum atomic E-state index is -0.222. The summed E-state index contributed by atoms with van der Waals surface area (Å²) in [7, 11) is 0. The summed E-state index contributed by atoms with van der Waals surface area (Å²) in [5.74, 6) is -0.222. The quantitative estimate of drug-likeness (QED) is 0.629. The number of nitrogens with zero attached hydrogens (tertiary/aromatic N) is 1. The smallest absolute Gasteiger partial charge is 0.123 e. The molecule has 0 aliphatic heterocycles.